The Kier molecular flexibility index (Phi) is 5.23. The summed E-state index contributed by atoms with van der Waals surface area (Å²) in [7, 11) is 1.54. The second-order valence-electron chi connectivity index (χ2n) is 6.56. The highest BCUT2D eigenvalue weighted by atomic mass is 16.5. The number of nitrogens with two attached hydrogens (primary N) is 1. The van der Waals surface area contributed by atoms with Gasteiger partial charge in [0.15, 0.2) is 5.60 Å². The number of rotatable bonds is 6. The lowest BCUT2D eigenvalue weighted by Gasteiger charge is -2.28. The number of amides is 1. The van der Waals surface area contributed by atoms with Gasteiger partial charge in [0, 0.05) is 24.8 Å². The Bertz CT molecular complexity index is 977. The standard InChI is InChI=1S/C22H23N3O2/c1-22(27-2,19-9-5-7-16-6-3-4-8-18(16)19)21(26)25-14-15-10-12-17(13-11-15)20(23)24/h3-13H,14H2,1-2H3,(H3,23,24)(H,25,26)/t22-/m0/s1. The molecule has 0 bridgehead atoms. The smallest absolute Gasteiger partial charge is 0.256 e. The van der Waals surface area contributed by atoms with E-state index in [1.807, 2.05) is 54.6 Å². The Morgan fingerprint density at radius 3 is 2.41 bits per heavy atom. The molecule has 0 radical (unpaired) electrons. The number of hydrogen-bond donors (Lipinski definition) is 3. The third-order valence-corrected chi connectivity index (χ3v) is 4.86. The molecule has 0 saturated heterocycles. The molecular formula is C22H23N3O2. The summed E-state index contributed by atoms with van der Waals surface area (Å²) in [6, 6.07) is 21.0. The first-order valence-corrected chi connectivity index (χ1v) is 8.71. The summed E-state index contributed by atoms with van der Waals surface area (Å²) in [5, 5.41) is 12.4. The SMILES string of the molecule is CO[C@](C)(C(=O)NCc1ccc(C(=N)N)cc1)c1cccc2ccccc12. The zero-order valence-electron chi connectivity index (χ0n) is 15.5. The van der Waals surface area contributed by atoms with Crippen LogP contribution in [0.15, 0.2) is 66.7 Å². The lowest BCUT2D eigenvalue weighted by Crippen LogP contribution is -2.43. The fraction of sp³-hybridized carbons (Fsp3) is 0.182. The predicted molar refractivity (Wildman–Crippen MR) is 108 cm³/mol. The Morgan fingerprint density at radius 1 is 1.07 bits per heavy atom. The van der Waals surface area contributed by atoms with Gasteiger partial charge in [-0.3, -0.25) is 10.2 Å². The second kappa shape index (κ2) is 7.60. The maximum atomic E-state index is 13.0. The van der Waals surface area contributed by atoms with Crippen molar-refractivity contribution in [3.8, 4) is 0 Å². The monoisotopic (exact) mass is 361 g/mol. The van der Waals surface area contributed by atoms with Crippen molar-refractivity contribution in [3.05, 3.63) is 83.4 Å². The Balaban J connectivity index is 1.83. The van der Waals surface area contributed by atoms with Gasteiger partial charge < -0.3 is 15.8 Å². The van der Waals surface area contributed by atoms with Crippen LogP contribution in [0.3, 0.4) is 0 Å². The summed E-state index contributed by atoms with van der Waals surface area (Å²) in [4.78, 5) is 13.0. The van der Waals surface area contributed by atoms with Crippen LogP contribution in [0.1, 0.15) is 23.6 Å². The number of methoxy groups -OCH3 is 1. The van der Waals surface area contributed by atoms with Gasteiger partial charge in [0.1, 0.15) is 5.84 Å². The van der Waals surface area contributed by atoms with Crippen molar-refractivity contribution >= 4 is 22.5 Å². The van der Waals surface area contributed by atoms with Crippen molar-refractivity contribution < 1.29 is 9.53 Å². The number of carbonyl (C=O) groups is 1. The van der Waals surface area contributed by atoms with E-state index in [2.05, 4.69) is 5.32 Å². The molecule has 3 aromatic rings. The quantitative estimate of drug-likeness (QED) is 0.465. The molecule has 5 nitrogen and oxygen atoms in total. The van der Waals surface area contributed by atoms with Crippen LogP contribution in [0, 0.1) is 5.41 Å². The highest BCUT2D eigenvalue weighted by molar-refractivity contribution is 5.95. The van der Waals surface area contributed by atoms with Crippen LogP contribution < -0.4 is 11.1 Å². The van der Waals surface area contributed by atoms with Crippen LogP contribution in [-0.2, 0) is 21.7 Å². The van der Waals surface area contributed by atoms with Crippen LogP contribution >= 0.6 is 0 Å². The number of nitrogens with one attached hydrogen (secondary N) is 2. The molecule has 0 unspecified atom stereocenters. The summed E-state index contributed by atoms with van der Waals surface area (Å²) < 4.78 is 5.68. The van der Waals surface area contributed by atoms with E-state index in [-0.39, 0.29) is 11.7 Å². The largest absolute Gasteiger partial charge is 0.384 e. The van der Waals surface area contributed by atoms with E-state index in [9.17, 15) is 4.79 Å². The number of fused-ring (bicyclic) bond motifs is 1. The number of nitrogen functional groups attached to an aromatic ring is 1. The molecule has 0 heterocycles. The Morgan fingerprint density at radius 2 is 1.74 bits per heavy atom. The molecule has 0 saturated carbocycles. The van der Waals surface area contributed by atoms with Crippen molar-refractivity contribution in [1.29, 1.82) is 5.41 Å². The molecule has 27 heavy (non-hydrogen) atoms. The summed E-state index contributed by atoms with van der Waals surface area (Å²) in [5.74, 6) is -0.189. The molecular weight excluding hydrogens is 338 g/mol. The highest BCUT2D eigenvalue weighted by Gasteiger charge is 2.36. The van der Waals surface area contributed by atoms with Crippen LogP contribution in [0.2, 0.25) is 0 Å². The van der Waals surface area contributed by atoms with E-state index < -0.39 is 5.60 Å². The molecule has 0 spiro atoms. The van der Waals surface area contributed by atoms with E-state index in [0.29, 0.717) is 12.1 Å². The lowest BCUT2D eigenvalue weighted by molar-refractivity contribution is -0.142. The number of amidine groups is 1. The minimum Gasteiger partial charge on any atom is -0.384 e. The van der Waals surface area contributed by atoms with E-state index >= 15 is 0 Å². The van der Waals surface area contributed by atoms with Crippen LogP contribution in [-0.4, -0.2) is 18.9 Å². The zero-order valence-corrected chi connectivity index (χ0v) is 15.5. The number of ether oxygens (including phenoxy) is 1. The number of carbonyl (C=O) groups excluding carboxylic acids is 1. The van der Waals surface area contributed by atoms with Gasteiger partial charge in [0.05, 0.1) is 0 Å². The topological polar surface area (TPSA) is 88.2 Å². The van der Waals surface area contributed by atoms with E-state index in [1.54, 1.807) is 26.2 Å². The number of benzene rings is 3. The summed E-state index contributed by atoms with van der Waals surface area (Å²) in [6.07, 6.45) is 0. The zero-order chi connectivity index (χ0) is 19.4. The van der Waals surface area contributed by atoms with Crippen molar-refractivity contribution in [2.45, 2.75) is 19.1 Å². The first-order valence-electron chi connectivity index (χ1n) is 8.71. The fourth-order valence-corrected chi connectivity index (χ4v) is 3.12. The van der Waals surface area contributed by atoms with Gasteiger partial charge in [-0.15, -0.1) is 0 Å². The first-order chi connectivity index (χ1) is 13.0. The molecule has 1 atom stereocenters. The minimum absolute atomic E-state index is 0.0218. The van der Waals surface area contributed by atoms with Crippen LogP contribution in [0.5, 0.6) is 0 Å². The van der Waals surface area contributed by atoms with E-state index in [0.717, 1.165) is 21.9 Å². The van der Waals surface area contributed by atoms with E-state index in [4.69, 9.17) is 15.9 Å². The van der Waals surface area contributed by atoms with Crippen molar-refractivity contribution in [1.82, 2.24) is 5.32 Å². The van der Waals surface area contributed by atoms with Gasteiger partial charge in [-0.1, -0.05) is 66.7 Å². The fourth-order valence-electron chi connectivity index (χ4n) is 3.12. The normalized spacial score (nSPS) is 13.1. The Hall–Kier alpha value is -3.18. The van der Waals surface area contributed by atoms with Crippen molar-refractivity contribution in [3.63, 3.8) is 0 Å². The average molecular weight is 361 g/mol. The molecule has 0 aromatic heterocycles. The molecule has 0 aliphatic rings. The van der Waals surface area contributed by atoms with Crippen LogP contribution in [0.4, 0.5) is 0 Å². The van der Waals surface area contributed by atoms with Gasteiger partial charge in [-0.2, -0.15) is 0 Å². The molecule has 0 aliphatic carbocycles. The maximum absolute atomic E-state index is 13.0. The molecule has 3 aromatic carbocycles. The van der Waals surface area contributed by atoms with E-state index in [1.165, 1.54) is 0 Å². The summed E-state index contributed by atoms with van der Waals surface area (Å²) >= 11 is 0. The third-order valence-electron chi connectivity index (χ3n) is 4.86. The molecule has 0 aliphatic heterocycles. The van der Waals surface area contributed by atoms with Gasteiger partial charge >= 0.3 is 0 Å². The predicted octanol–water partition coefficient (Wildman–Crippen LogP) is 3.30. The second-order valence-corrected chi connectivity index (χ2v) is 6.56. The summed E-state index contributed by atoms with van der Waals surface area (Å²) in [6.45, 7) is 2.14. The Labute approximate surface area is 158 Å². The van der Waals surface area contributed by atoms with Gasteiger partial charge in [0.2, 0.25) is 0 Å². The minimum atomic E-state index is -1.11. The average Bonchev–Trinajstić information content (AvgIpc) is 2.71. The third kappa shape index (κ3) is 3.68. The van der Waals surface area contributed by atoms with Crippen molar-refractivity contribution in [2.24, 2.45) is 5.73 Å². The molecule has 138 valence electrons. The first kappa shape index (κ1) is 18.6. The lowest BCUT2D eigenvalue weighted by atomic mass is 9.89. The summed E-state index contributed by atoms with van der Waals surface area (Å²) in [5.41, 5.74) is 6.76. The highest BCUT2D eigenvalue weighted by Crippen LogP contribution is 2.31. The molecule has 3 rings (SSSR count). The van der Waals surface area contributed by atoms with Gasteiger partial charge in [-0.05, 0) is 23.3 Å². The van der Waals surface area contributed by atoms with Crippen molar-refractivity contribution in [2.75, 3.05) is 7.11 Å². The van der Waals surface area contributed by atoms with Crippen LogP contribution in [0.25, 0.3) is 10.8 Å². The molecule has 4 N–H and O–H groups in total. The van der Waals surface area contributed by atoms with Gasteiger partial charge in [-0.25, -0.2) is 0 Å². The maximum Gasteiger partial charge on any atom is 0.256 e. The number of hydrogen-bond acceptors (Lipinski definition) is 3. The molecule has 5 heteroatoms. The van der Waals surface area contributed by atoms with Gasteiger partial charge in [0.25, 0.3) is 5.91 Å². The molecule has 1 amide bonds. The molecule has 0 fully saturated rings.